The summed E-state index contributed by atoms with van der Waals surface area (Å²) in [7, 11) is 0. The Bertz CT molecular complexity index is 474. The fourth-order valence-corrected chi connectivity index (χ4v) is 4.28. The van der Waals surface area contributed by atoms with Crippen LogP contribution in [0, 0.1) is 17.8 Å². The fraction of sp³-hybridized carbons (Fsp3) is 0.625. The number of benzene rings is 1. The summed E-state index contributed by atoms with van der Waals surface area (Å²) in [6, 6.07) is 6.83. The minimum Gasteiger partial charge on any atom is -0.490 e. The SMILES string of the molecule is CC1Cc2cc(C(N)C3C4CCCC43)ccc2O1. The van der Waals surface area contributed by atoms with E-state index in [0.29, 0.717) is 6.10 Å². The van der Waals surface area contributed by atoms with E-state index in [1.165, 1.54) is 30.4 Å². The Hall–Kier alpha value is -1.02. The summed E-state index contributed by atoms with van der Waals surface area (Å²) in [4.78, 5) is 0. The molecule has 0 bridgehead atoms. The van der Waals surface area contributed by atoms with Crippen LogP contribution in [0.3, 0.4) is 0 Å². The molecule has 2 aliphatic carbocycles. The molecule has 0 radical (unpaired) electrons. The topological polar surface area (TPSA) is 35.2 Å². The molecule has 18 heavy (non-hydrogen) atoms. The Morgan fingerprint density at radius 2 is 2.06 bits per heavy atom. The van der Waals surface area contributed by atoms with Crippen molar-refractivity contribution in [2.24, 2.45) is 23.5 Å². The largest absolute Gasteiger partial charge is 0.490 e. The van der Waals surface area contributed by atoms with Gasteiger partial charge in [-0.15, -0.1) is 0 Å². The first-order valence-electron chi connectivity index (χ1n) is 7.29. The standard InChI is InChI=1S/C16H21NO/c1-9-7-11-8-10(5-6-14(11)18-9)16(17)15-12-3-2-4-13(12)15/h5-6,8-9,12-13,15-16H,2-4,7,17H2,1H3. The van der Waals surface area contributed by atoms with Gasteiger partial charge >= 0.3 is 0 Å². The van der Waals surface area contributed by atoms with E-state index >= 15 is 0 Å². The Morgan fingerprint density at radius 1 is 1.28 bits per heavy atom. The maximum atomic E-state index is 6.48. The van der Waals surface area contributed by atoms with Crippen molar-refractivity contribution in [3.63, 3.8) is 0 Å². The first-order valence-corrected chi connectivity index (χ1v) is 7.29. The van der Waals surface area contributed by atoms with Crippen LogP contribution in [0.1, 0.15) is 43.4 Å². The molecule has 0 spiro atoms. The molecule has 2 nitrogen and oxygen atoms in total. The summed E-state index contributed by atoms with van der Waals surface area (Å²) >= 11 is 0. The first-order chi connectivity index (χ1) is 8.74. The number of hydrogen-bond donors (Lipinski definition) is 1. The molecule has 4 atom stereocenters. The summed E-state index contributed by atoms with van der Waals surface area (Å²) in [5, 5.41) is 0. The van der Waals surface area contributed by atoms with Crippen LogP contribution in [0.25, 0.3) is 0 Å². The van der Waals surface area contributed by atoms with Crippen molar-refractivity contribution >= 4 is 0 Å². The van der Waals surface area contributed by atoms with Crippen LogP contribution in [0.5, 0.6) is 5.75 Å². The highest BCUT2D eigenvalue weighted by Crippen LogP contribution is 2.61. The predicted molar refractivity (Wildman–Crippen MR) is 71.5 cm³/mol. The maximum absolute atomic E-state index is 6.48. The molecule has 1 heterocycles. The smallest absolute Gasteiger partial charge is 0.123 e. The minimum absolute atomic E-state index is 0.251. The van der Waals surface area contributed by atoms with Gasteiger partial charge in [0.2, 0.25) is 0 Å². The van der Waals surface area contributed by atoms with Crippen LogP contribution >= 0.6 is 0 Å². The van der Waals surface area contributed by atoms with E-state index in [2.05, 4.69) is 25.1 Å². The van der Waals surface area contributed by atoms with Crippen LogP contribution in [-0.4, -0.2) is 6.10 Å². The van der Waals surface area contributed by atoms with Gasteiger partial charge in [0, 0.05) is 12.5 Å². The summed E-state index contributed by atoms with van der Waals surface area (Å²) in [6.07, 6.45) is 5.61. The molecule has 4 unspecified atom stereocenters. The second-order valence-electron chi connectivity index (χ2n) is 6.36. The van der Waals surface area contributed by atoms with Crippen molar-refractivity contribution < 1.29 is 4.74 Å². The summed E-state index contributed by atoms with van der Waals surface area (Å²) in [5.74, 6) is 3.69. The number of hydrogen-bond acceptors (Lipinski definition) is 2. The predicted octanol–water partition coefficient (Wildman–Crippen LogP) is 3.06. The molecule has 1 aromatic rings. The van der Waals surface area contributed by atoms with Gasteiger partial charge in [-0.25, -0.2) is 0 Å². The van der Waals surface area contributed by atoms with Crippen LogP contribution < -0.4 is 10.5 Å². The molecule has 0 saturated heterocycles. The van der Waals surface area contributed by atoms with E-state index in [0.717, 1.165) is 29.9 Å². The molecule has 0 amide bonds. The molecule has 2 N–H and O–H groups in total. The van der Waals surface area contributed by atoms with Crippen LogP contribution in [0.2, 0.25) is 0 Å². The van der Waals surface area contributed by atoms with E-state index in [1.807, 2.05) is 0 Å². The molecule has 2 heteroatoms. The van der Waals surface area contributed by atoms with Gasteiger partial charge < -0.3 is 10.5 Å². The third kappa shape index (κ3) is 1.51. The van der Waals surface area contributed by atoms with Crippen LogP contribution in [0.15, 0.2) is 18.2 Å². The highest BCUT2D eigenvalue weighted by atomic mass is 16.5. The third-order valence-electron chi connectivity index (χ3n) is 5.19. The first kappa shape index (κ1) is 10.9. The molecule has 2 fully saturated rings. The lowest BCUT2D eigenvalue weighted by atomic mass is 9.95. The summed E-state index contributed by atoms with van der Waals surface area (Å²) < 4.78 is 5.75. The lowest BCUT2D eigenvalue weighted by molar-refractivity contribution is 0.254. The second kappa shape index (κ2) is 3.74. The molecule has 2 saturated carbocycles. The second-order valence-corrected chi connectivity index (χ2v) is 6.36. The molecule has 1 aliphatic heterocycles. The lowest BCUT2D eigenvalue weighted by Crippen LogP contribution is -2.15. The molecule has 3 aliphatic rings. The lowest BCUT2D eigenvalue weighted by Gasteiger charge is -2.15. The van der Waals surface area contributed by atoms with Crippen LogP contribution in [-0.2, 0) is 6.42 Å². The van der Waals surface area contributed by atoms with E-state index in [-0.39, 0.29) is 6.04 Å². The van der Waals surface area contributed by atoms with Gasteiger partial charge in [0.25, 0.3) is 0 Å². The average molecular weight is 243 g/mol. The summed E-state index contributed by atoms with van der Waals surface area (Å²) in [5.41, 5.74) is 9.15. The maximum Gasteiger partial charge on any atom is 0.123 e. The minimum atomic E-state index is 0.251. The van der Waals surface area contributed by atoms with Crippen molar-refractivity contribution in [2.75, 3.05) is 0 Å². The Balaban J connectivity index is 1.57. The number of ether oxygens (including phenoxy) is 1. The van der Waals surface area contributed by atoms with Gasteiger partial charge in [0.15, 0.2) is 0 Å². The number of rotatable bonds is 2. The quantitative estimate of drug-likeness (QED) is 0.866. The Labute approximate surface area is 109 Å². The van der Waals surface area contributed by atoms with Gasteiger partial charge in [-0.2, -0.15) is 0 Å². The summed E-state index contributed by atoms with van der Waals surface area (Å²) in [6.45, 7) is 2.13. The highest BCUT2D eigenvalue weighted by molar-refractivity contribution is 5.42. The van der Waals surface area contributed by atoms with Crippen molar-refractivity contribution in [3.8, 4) is 5.75 Å². The van der Waals surface area contributed by atoms with Gasteiger partial charge in [-0.3, -0.25) is 0 Å². The van der Waals surface area contributed by atoms with Gasteiger partial charge in [0.05, 0.1) is 0 Å². The normalized spacial score (nSPS) is 37.9. The zero-order chi connectivity index (χ0) is 12.3. The van der Waals surface area contributed by atoms with Crippen molar-refractivity contribution in [3.05, 3.63) is 29.3 Å². The monoisotopic (exact) mass is 243 g/mol. The van der Waals surface area contributed by atoms with Gasteiger partial charge in [-0.05, 0) is 54.7 Å². The van der Waals surface area contributed by atoms with Crippen molar-refractivity contribution in [1.29, 1.82) is 0 Å². The zero-order valence-corrected chi connectivity index (χ0v) is 10.9. The average Bonchev–Trinajstić information content (AvgIpc) is 2.74. The van der Waals surface area contributed by atoms with Crippen LogP contribution in [0.4, 0.5) is 0 Å². The third-order valence-corrected chi connectivity index (χ3v) is 5.19. The molecule has 96 valence electrons. The Kier molecular flexibility index (Phi) is 2.25. The highest BCUT2D eigenvalue weighted by Gasteiger charge is 2.55. The van der Waals surface area contributed by atoms with Gasteiger partial charge in [0.1, 0.15) is 11.9 Å². The van der Waals surface area contributed by atoms with Crippen molar-refractivity contribution in [2.45, 2.75) is 44.8 Å². The molecule has 1 aromatic carbocycles. The van der Waals surface area contributed by atoms with E-state index in [1.54, 1.807) is 0 Å². The molecular formula is C16H21NO. The molecular weight excluding hydrogens is 222 g/mol. The Morgan fingerprint density at radius 3 is 2.83 bits per heavy atom. The number of nitrogens with two attached hydrogens (primary N) is 1. The fourth-order valence-electron chi connectivity index (χ4n) is 4.28. The molecule has 4 rings (SSSR count). The van der Waals surface area contributed by atoms with Crippen molar-refractivity contribution in [1.82, 2.24) is 0 Å². The van der Waals surface area contributed by atoms with E-state index < -0.39 is 0 Å². The van der Waals surface area contributed by atoms with E-state index in [9.17, 15) is 0 Å². The molecule has 0 aromatic heterocycles. The number of fused-ring (bicyclic) bond motifs is 2. The zero-order valence-electron chi connectivity index (χ0n) is 10.9. The van der Waals surface area contributed by atoms with E-state index in [4.69, 9.17) is 10.5 Å². The van der Waals surface area contributed by atoms with Gasteiger partial charge in [-0.1, -0.05) is 18.6 Å².